The van der Waals surface area contributed by atoms with Crippen LogP contribution in [0.15, 0.2) is 46.9 Å². The van der Waals surface area contributed by atoms with E-state index < -0.39 is 0 Å². The highest BCUT2D eigenvalue weighted by Crippen LogP contribution is 2.26. The van der Waals surface area contributed by atoms with Gasteiger partial charge in [-0.2, -0.15) is 0 Å². The predicted molar refractivity (Wildman–Crippen MR) is 81.5 cm³/mol. The number of halogens is 2. The molecule has 0 aromatic heterocycles. The molecule has 0 bridgehead atoms. The van der Waals surface area contributed by atoms with Gasteiger partial charge in [-0.25, -0.2) is 4.39 Å². The molecule has 0 spiro atoms. The maximum absolute atomic E-state index is 13.5. The van der Waals surface area contributed by atoms with E-state index in [0.717, 1.165) is 27.7 Å². The standard InChI is InChI=1S/C16H17BrFN/c1-11(2)19-10-13-5-8-15(18)9-16(13)12-3-6-14(17)7-4-12/h3-9,11,19H,10H2,1-2H3. The van der Waals surface area contributed by atoms with E-state index in [1.807, 2.05) is 30.3 Å². The highest BCUT2D eigenvalue weighted by Gasteiger charge is 2.07. The molecule has 100 valence electrons. The highest BCUT2D eigenvalue weighted by atomic mass is 79.9. The van der Waals surface area contributed by atoms with Crippen molar-refractivity contribution in [2.45, 2.75) is 26.4 Å². The van der Waals surface area contributed by atoms with Crippen molar-refractivity contribution in [1.82, 2.24) is 5.32 Å². The molecule has 1 nitrogen and oxygen atoms in total. The van der Waals surface area contributed by atoms with Gasteiger partial charge in [-0.05, 0) is 41.0 Å². The molecule has 19 heavy (non-hydrogen) atoms. The van der Waals surface area contributed by atoms with Crippen LogP contribution in [-0.2, 0) is 6.54 Å². The summed E-state index contributed by atoms with van der Waals surface area (Å²) < 4.78 is 14.5. The predicted octanol–water partition coefficient (Wildman–Crippen LogP) is 4.75. The molecular formula is C16H17BrFN. The first-order valence-corrected chi connectivity index (χ1v) is 7.13. The quantitative estimate of drug-likeness (QED) is 0.856. The molecule has 2 aromatic carbocycles. The van der Waals surface area contributed by atoms with Crippen molar-refractivity contribution in [3.63, 3.8) is 0 Å². The van der Waals surface area contributed by atoms with Crippen molar-refractivity contribution in [2.24, 2.45) is 0 Å². The summed E-state index contributed by atoms with van der Waals surface area (Å²) >= 11 is 3.41. The van der Waals surface area contributed by atoms with Gasteiger partial charge in [0.1, 0.15) is 5.82 Å². The lowest BCUT2D eigenvalue weighted by Crippen LogP contribution is -2.22. The summed E-state index contributed by atoms with van der Waals surface area (Å²) in [5.41, 5.74) is 3.08. The Morgan fingerprint density at radius 1 is 1.11 bits per heavy atom. The van der Waals surface area contributed by atoms with E-state index in [2.05, 4.69) is 35.1 Å². The molecule has 0 saturated carbocycles. The molecule has 0 amide bonds. The Bertz CT molecular complexity index is 549. The molecule has 0 heterocycles. The third kappa shape index (κ3) is 3.88. The van der Waals surface area contributed by atoms with Gasteiger partial charge in [0.25, 0.3) is 0 Å². The second-order valence-electron chi connectivity index (χ2n) is 4.84. The summed E-state index contributed by atoms with van der Waals surface area (Å²) in [6, 6.07) is 13.3. The van der Waals surface area contributed by atoms with Crippen LogP contribution < -0.4 is 5.32 Å². The normalized spacial score (nSPS) is 11.0. The molecule has 0 unspecified atom stereocenters. The van der Waals surface area contributed by atoms with Gasteiger partial charge < -0.3 is 5.32 Å². The largest absolute Gasteiger partial charge is 0.310 e. The molecule has 1 N–H and O–H groups in total. The first-order chi connectivity index (χ1) is 9.06. The Kier molecular flexibility index (Phi) is 4.72. The van der Waals surface area contributed by atoms with Crippen molar-refractivity contribution < 1.29 is 4.39 Å². The van der Waals surface area contributed by atoms with Crippen molar-refractivity contribution in [3.8, 4) is 11.1 Å². The van der Waals surface area contributed by atoms with Crippen LogP contribution in [0, 0.1) is 5.82 Å². The topological polar surface area (TPSA) is 12.0 Å². The van der Waals surface area contributed by atoms with Gasteiger partial charge in [0.15, 0.2) is 0 Å². The Morgan fingerprint density at radius 2 is 1.79 bits per heavy atom. The average molecular weight is 322 g/mol. The highest BCUT2D eigenvalue weighted by molar-refractivity contribution is 9.10. The maximum atomic E-state index is 13.5. The van der Waals surface area contributed by atoms with Crippen LogP contribution in [0.2, 0.25) is 0 Å². The SMILES string of the molecule is CC(C)NCc1ccc(F)cc1-c1ccc(Br)cc1. The summed E-state index contributed by atoms with van der Waals surface area (Å²) in [4.78, 5) is 0. The first kappa shape index (κ1) is 14.2. The lowest BCUT2D eigenvalue weighted by atomic mass is 9.99. The Labute approximate surface area is 122 Å². The van der Waals surface area contributed by atoms with Crippen LogP contribution in [-0.4, -0.2) is 6.04 Å². The van der Waals surface area contributed by atoms with Gasteiger partial charge in [0, 0.05) is 17.1 Å². The van der Waals surface area contributed by atoms with Crippen LogP contribution >= 0.6 is 15.9 Å². The van der Waals surface area contributed by atoms with E-state index in [1.54, 1.807) is 6.07 Å². The summed E-state index contributed by atoms with van der Waals surface area (Å²) in [5.74, 6) is -0.203. The molecule has 0 fully saturated rings. The number of hydrogen-bond donors (Lipinski definition) is 1. The molecule has 0 aliphatic rings. The number of benzene rings is 2. The van der Waals surface area contributed by atoms with Crippen molar-refractivity contribution >= 4 is 15.9 Å². The second-order valence-corrected chi connectivity index (χ2v) is 5.76. The fourth-order valence-corrected chi connectivity index (χ4v) is 2.18. The monoisotopic (exact) mass is 321 g/mol. The zero-order chi connectivity index (χ0) is 13.8. The van der Waals surface area contributed by atoms with Crippen LogP contribution in [0.3, 0.4) is 0 Å². The minimum absolute atomic E-state index is 0.203. The average Bonchev–Trinajstić information content (AvgIpc) is 2.38. The van der Waals surface area contributed by atoms with Crippen LogP contribution in [0.4, 0.5) is 4.39 Å². The van der Waals surface area contributed by atoms with Crippen molar-refractivity contribution in [1.29, 1.82) is 0 Å². The summed E-state index contributed by atoms with van der Waals surface area (Å²) in [6.07, 6.45) is 0. The summed E-state index contributed by atoms with van der Waals surface area (Å²) in [5, 5.41) is 3.37. The number of rotatable bonds is 4. The third-order valence-electron chi connectivity index (χ3n) is 2.93. The van der Waals surface area contributed by atoms with Crippen molar-refractivity contribution in [3.05, 3.63) is 58.3 Å². The van der Waals surface area contributed by atoms with Crippen LogP contribution in [0.5, 0.6) is 0 Å². The van der Waals surface area contributed by atoms with E-state index in [4.69, 9.17) is 0 Å². The zero-order valence-corrected chi connectivity index (χ0v) is 12.7. The minimum Gasteiger partial charge on any atom is -0.310 e. The van der Waals surface area contributed by atoms with Gasteiger partial charge in [-0.1, -0.05) is 48.0 Å². The van der Waals surface area contributed by atoms with Gasteiger partial charge in [-0.15, -0.1) is 0 Å². The second kappa shape index (κ2) is 6.31. The van der Waals surface area contributed by atoms with Crippen LogP contribution in [0.1, 0.15) is 19.4 Å². The fourth-order valence-electron chi connectivity index (χ4n) is 1.92. The van der Waals surface area contributed by atoms with E-state index in [9.17, 15) is 4.39 Å². The molecule has 2 aromatic rings. The van der Waals surface area contributed by atoms with E-state index in [1.165, 1.54) is 6.07 Å². The van der Waals surface area contributed by atoms with E-state index in [-0.39, 0.29) is 5.82 Å². The van der Waals surface area contributed by atoms with Gasteiger partial charge in [0.2, 0.25) is 0 Å². The van der Waals surface area contributed by atoms with E-state index >= 15 is 0 Å². The van der Waals surface area contributed by atoms with Crippen molar-refractivity contribution in [2.75, 3.05) is 0 Å². The van der Waals surface area contributed by atoms with Gasteiger partial charge >= 0.3 is 0 Å². The number of nitrogens with one attached hydrogen (secondary N) is 1. The Hall–Kier alpha value is -1.19. The molecule has 0 aliphatic heterocycles. The molecular weight excluding hydrogens is 305 g/mol. The molecule has 0 saturated heterocycles. The van der Waals surface area contributed by atoms with Gasteiger partial charge in [0.05, 0.1) is 0 Å². The van der Waals surface area contributed by atoms with Crippen LogP contribution in [0.25, 0.3) is 11.1 Å². The molecule has 3 heteroatoms. The maximum Gasteiger partial charge on any atom is 0.123 e. The Balaban J connectivity index is 2.36. The lowest BCUT2D eigenvalue weighted by molar-refractivity contribution is 0.587. The molecule has 2 rings (SSSR count). The molecule has 0 radical (unpaired) electrons. The molecule has 0 aliphatic carbocycles. The zero-order valence-electron chi connectivity index (χ0n) is 11.1. The fraction of sp³-hybridized carbons (Fsp3) is 0.250. The summed E-state index contributed by atoms with van der Waals surface area (Å²) in [6.45, 7) is 4.94. The third-order valence-corrected chi connectivity index (χ3v) is 3.46. The minimum atomic E-state index is -0.203. The lowest BCUT2D eigenvalue weighted by Gasteiger charge is -2.13. The smallest absolute Gasteiger partial charge is 0.123 e. The Morgan fingerprint density at radius 3 is 2.42 bits per heavy atom. The summed E-state index contributed by atoms with van der Waals surface area (Å²) in [7, 11) is 0. The molecule has 0 atom stereocenters. The number of hydrogen-bond acceptors (Lipinski definition) is 1. The first-order valence-electron chi connectivity index (χ1n) is 6.34. The van der Waals surface area contributed by atoms with E-state index in [0.29, 0.717) is 6.04 Å². The van der Waals surface area contributed by atoms with Gasteiger partial charge in [-0.3, -0.25) is 0 Å².